The lowest BCUT2D eigenvalue weighted by atomic mass is 10.3. The summed E-state index contributed by atoms with van der Waals surface area (Å²) in [5.74, 6) is 1.41. The van der Waals surface area contributed by atoms with Gasteiger partial charge in [-0.2, -0.15) is 0 Å². The van der Waals surface area contributed by atoms with Crippen molar-refractivity contribution in [3.8, 4) is 0 Å². The summed E-state index contributed by atoms with van der Waals surface area (Å²) >= 11 is 5.52. The van der Waals surface area contributed by atoms with Gasteiger partial charge in [0.2, 0.25) is 5.95 Å². The molecule has 0 bridgehead atoms. The van der Waals surface area contributed by atoms with Gasteiger partial charge in [0.1, 0.15) is 0 Å². The molecule has 12 heavy (non-hydrogen) atoms. The SMILES string of the molecule is Cn1nnnc1NCCCCCl. The summed E-state index contributed by atoms with van der Waals surface area (Å²) in [5.41, 5.74) is 0. The summed E-state index contributed by atoms with van der Waals surface area (Å²) in [5, 5.41) is 14.0. The maximum atomic E-state index is 5.52. The molecule has 1 aromatic heterocycles. The van der Waals surface area contributed by atoms with Gasteiger partial charge in [0.05, 0.1) is 0 Å². The van der Waals surface area contributed by atoms with Crippen LogP contribution >= 0.6 is 11.6 Å². The summed E-state index contributed by atoms with van der Waals surface area (Å²) in [4.78, 5) is 0. The summed E-state index contributed by atoms with van der Waals surface area (Å²) in [6.07, 6.45) is 2.05. The van der Waals surface area contributed by atoms with E-state index in [1.54, 1.807) is 11.7 Å². The fourth-order valence-electron chi connectivity index (χ4n) is 0.799. The number of aromatic nitrogens is 4. The van der Waals surface area contributed by atoms with Crippen LogP contribution in [0.3, 0.4) is 0 Å². The highest BCUT2D eigenvalue weighted by molar-refractivity contribution is 6.17. The molecule has 68 valence electrons. The second kappa shape index (κ2) is 4.92. The molecular weight excluding hydrogens is 178 g/mol. The van der Waals surface area contributed by atoms with Gasteiger partial charge in [-0.25, -0.2) is 4.68 Å². The molecule has 5 nitrogen and oxygen atoms in total. The second-order valence-electron chi connectivity index (χ2n) is 2.45. The van der Waals surface area contributed by atoms with Crippen LogP contribution in [0.1, 0.15) is 12.8 Å². The first-order valence-corrected chi connectivity index (χ1v) is 4.40. The Morgan fingerprint density at radius 1 is 1.50 bits per heavy atom. The van der Waals surface area contributed by atoms with Gasteiger partial charge in [-0.15, -0.1) is 11.6 Å². The monoisotopic (exact) mass is 189 g/mol. The first-order chi connectivity index (χ1) is 5.84. The van der Waals surface area contributed by atoms with E-state index in [0.717, 1.165) is 19.4 Å². The average Bonchev–Trinajstić information content (AvgIpc) is 2.46. The zero-order chi connectivity index (χ0) is 8.81. The zero-order valence-electron chi connectivity index (χ0n) is 7.00. The van der Waals surface area contributed by atoms with Crippen LogP contribution in [0.4, 0.5) is 5.95 Å². The van der Waals surface area contributed by atoms with E-state index in [9.17, 15) is 0 Å². The molecule has 0 spiro atoms. The Morgan fingerprint density at radius 2 is 2.33 bits per heavy atom. The zero-order valence-corrected chi connectivity index (χ0v) is 7.75. The third kappa shape index (κ3) is 2.65. The Bertz CT molecular complexity index is 223. The molecule has 0 saturated heterocycles. The largest absolute Gasteiger partial charge is 0.353 e. The summed E-state index contributed by atoms with van der Waals surface area (Å²) < 4.78 is 1.60. The number of tetrazole rings is 1. The topological polar surface area (TPSA) is 55.6 Å². The van der Waals surface area contributed by atoms with E-state index < -0.39 is 0 Å². The number of hydrogen-bond acceptors (Lipinski definition) is 4. The lowest BCUT2D eigenvalue weighted by Gasteiger charge is -2.01. The van der Waals surface area contributed by atoms with Gasteiger partial charge in [-0.3, -0.25) is 0 Å². The number of nitrogens with zero attached hydrogens (tertiary/aromatic N) is 4. The van der Waals surface area contributed by atoms with Crippen LogP contribution in [0.2, 0.25) is 0 Å². The number of halogens is 1. The molecule has 0 aliphatic carbocycles. The minimum Gasteiger partial charge on any atom is -0.353 e. The van der Waals surface area contributed by atoms with Gasteiger partial charge >= 0.3 is 0 Å². The maximum Gasteiger partial charge on any atom is 0.242 e. The van der Waals surface area contributed by atoms with Gasteiger partial charge in [0.25, 0.3) is 0 Å². The normalized spacial score (nSPS) is 10.2. The third-order valence-corrected chi connectivity index (χ3v) is 1.73. The predicted molar refractivity (Wildman–Crippen MR) is 47.2 cm³/mol. The van der Waals surface area contributed by atoms with Crippen molar-refractivity contribution in [2.45, 2.75) is 12.8 Å². The summed E-state index contributed by atoms with van der Waals surface area (Å²) in [6.45, 7) is 0.862. The van der Waals surface area contributed by atoms with E-state index in [1.807, 2.05) is 0 Å². The maximum absolute atomic E-state index is 5.52. The first-order valence-electron chi connectivity index (χ1n) is 3.87. The minimum absolute atomic E-state index is 0.699. The Kier molecular flexibility index (Phi) is 3.79. The average molecular weight is 190 g/mol. The number of hydrogen-bond donors (Lipinski definition) is 1. The molecule has 0 saturated carbocycles. The Balaban J connectivity index is 2.20. The molecule has 0 aliphatic rings. The van der Waals surface area contributed by atoms with Gasteiger partial charge in [0.15, 0.2) is 0 Å². The summed E-state index contributed by atoms with van der Waals surface area (Å²) in [7, 11) is 1.80. The van der Waals surface area contributed by atoms with Crippen molar-refractivity contribution in [1.29, 1.82) is 0 Å². The van der Waals surface area contributed by atoms with Crippen molar-refractivity contribution in [2.75, 3.05) is 17.7 Å². The number of aryl methyl sites for hydroxylation is 1. The number of unbranched alkanes of at least 4 members (excludes halogenated alkanes) is 1. The molecule has 1 heterocycles. The fraction of sp³-hybridized carbons (Fsp3) is 0.833. The molecule has 6 heteroatoms. The van der Waals surface area contributed by atoms with Crippen molar-refractivity contribution in [2.24, 2.45) is 7.05 Å². The lowest BCUT2D eigenvalue weighted by molar-refractivity contribution is 0.709. The molecule has 0 fully saturated rings. The first kappa shape index (κ1) is 9.25. The van der Waals surface area contributed by atoms with Crippen LogP contribution in [0, 0.1) is 0 Å². The number of nitrogens with one attached hydrogen (secondary N) is 1. The molecule has 0 radical (unpaired) electrons. The van der Waals surface area contributed by atoms with Crippen LogP contribution in [0.5, 0.6) is 0 Å². The van der Waals surface area contributed by atoms with Crippen molar-refractivity contribution in [3.05, 3.63) is 0 Å². The van der Waals surface area contributed by atoms with E-state index in [0.29, 0.717) is 11.8 Å². The van der Waals surface area contributed by atoms with E-state index in [1.165, 1.54) is 0 Å². The van der Waals surface area contributed by atoms with Crippen LogP contribution in [0.25, 0.3) is 0 Å². The number of alkyl halides is 1. The molecule has 0 aliphatic heterocycles. The molecule has 0 unspecified atom stereocenters. The minimum atomic E-state index is 0.699. The quantitative estimate of drug-likeness (QED) is 0.546. The smallest absolute Gasteiger partial charge is 0.242 e. The van der Waals surface area contributed by atoms with Crippen LogP contribution in [-0.2, 0) is 7.05 Å². The highest BCUT2D eigenvalue weighted by atomic mass is 35.5. The molecule has 0 aromatic carbocycles. The number of anilines is 1. The standard InChI is InChI=1S/C6H12ClN5/c1-12-6(9-10-11-12)8-5-3-2-4-7/h2-5H2,1H3,(H,8,9,11). The van der Waals surface area contributed by atoms with Crippen molar-refractivity contribution in [3.63, 3.8) is 0 Å². The van der Waals surface area contributed by atoms with E-state index in [4.69, 9.17) is 11.6 Å². The van der Waals surface area contributed by atoms with Crippen LogP contribution in [0.15, 0.2) is 0 Å². The molecular formula is C6H12ClN5. The molecule has 0 atom stereocenters. The van der Waals surface area contributed by atoms with Crippen molar-refractivity contribution >= 4 is 17.5 Å². The van der Waals surface area contributed by atoms with Gasteiger partial charge in [-0.05, 0) is 23.3 Å². The highest BCUT2D eigenvalue weighted by Gasteiger charge is 1.98. The fourth-order valence-corrected chi connectivity index (χ4v) is 0.988. The van der Waals surface area contributed by atoms with E-state index >= 15 is 0 Å². The van der Waals surface area contributed by atoms with E-state index in [-0.39, 0.29) is 0 Å². The molecule has 0 amide bonds. The predicted octanol–water partition coefficient (Wildman–Crippen LogP) is 0.641. The Labute approximate surface area is 76.1 Å². The van der Waals surface area contributed by atoms with Crippen molar-refractivity contribution in [1.82, 2.24) is 20.2 Å². The second-order valence-corrected chi connectivity index (χ2v) is 2.83. The van der Waals surface area contributed by atoms with Crippen molar-refractivity contribution < 1.29 is 0 Å². The van der Waals surface area contributed by atoms with Gasteiger partial charge in [-0.1, -0.05) is 5.10 Å². The highest BCUT2D eigenvalue weighted by Crippen LogP contribution is 1.97. The molecule has 1 aromatic rings. The van der Waals surface area contributed by atoms with Gasteiger partial charge in [0, 0.05) is 19.5 Å². The Hall–Kier alpha value is -0.840. The summed E-state index contributed by atoms with van der Waals surface area (Å²) in [6, 6.07) is 0. The third-order valence-electron chi connectivity index (χ3n) is 1.46. The Morgan fingerprint density at radius 3 is 2.92 bits per heavy atom. The lowest BCUT2D eigenvalue weighted by Crippen LogP contribution is -2.07. The van der Waals surface area contributed by atoms with Crippen LogP contribution in [-0.4, -0.2) is 32.6 Å². The van der Waals surface area contributed by atoms with Gasteiger partial charge < -0.3 is 5.32 Å². The van der Waals surface area contributed by atoms with Crippen LogP contribution < -0.4 is 5.32 Å². The number of rotatable bonds is 5. The molecule has 1 N–H and O–H groups in total. The molecule has 1 rings (SSSR count). The van der Waals surface area contributed by atoms with E-state index in [2.05, 4.69) is 20.8 Å².